The summed E-state index contributed by atoms with van der Waals surface area (Å²) in [5.74, 6) is -0.163. The molecule has 0 saturated carbocycles. The highest BCUT2D eigenvalue weighted by Gasteiger charge is 2.44. The van der Waals surface area contributed by atoms with Crippen LogP contribution in [-0.4, -0.2) is 45.2 Å². The molecule has 0 aromatic carbocycles. The third-order valence-corrected chi connectivity index (χ3v) is 4.18. The van der Waals surface area contributed by atoms with Crippen molar-refractivity contribution < 1.29 is 14.3 Å². The van der Waals surface area contributed by atoms with Crippen LogP contribution in [0.5, 0.6) is 0 Å². The molecule has 1 spiro atoms. The average molecular weight is 277 g/mol. The summed E-state index contributed by atoms with van der Waals surface area (Å²) in [6, 6.07) is 1.74. The lowest BCUT2D eigenvalue weighted by Crippen LogP contribution is -2.50. The van der Waals surface area contributed by atoms with Crippen molar-refractivity contribution in [1.82, 2.24) is 14.7 Å². The Morgan fingerprint density at radius 2 is 2.35 bits per heavy atom. The van der Waals surface area contributed by atoms with Gasteiger partial charge >= 0.3 is 5.97 Å². The van der Waals surface area contributed by atoms with E-state index in [1.165, 1.54) is 0 Å². The van der Waals surface area contributed by atoms with Gasteiger partial charge in [0.1, 0.15) is 11.3 Å². The van der Waals surface area contributed by atoms with Crippen LogP contribution >= 0.6 is 0 Å². The first-order valence-electron chi connectivity index (χ1n) is 7.16. The summed E-state index contributed by atoms with van der Waals surface area (Å²) in [6.45, 7) is 3.85. The number of ether oxygens (including phenoxy) is 1. The molecule has 6 nitrogen and oxygen atoms in total. The van der Waals surface area contributed by atoms with E-state index in [2.05, 4.69) is 5.10 Å². The first-order valence-corrected chi connectivity index (χ1v) is 7.16. The van der Waals surface area contributed by atoms with E-state index in [0.717, 1.165) is 19.3 Å². The maximum Gasteiger partial charge on any atom is 0.306 e. The molecule has 3 rings (SSSR count). The number of esters is 1. The number of hydrogen-bond acceptors (Lipinski definition) is 4. The van der Waals surface area contributed by atoms with Crippen LogP contribution in [0.1, 0.15) is 43.1 Å². The molecule has 2 aliphatic rings. The minimum atomic E-state index is -0.442. The van der Waals surface area contributed by atoms with Gasteiger partial charge in [0.05, 0.1) is 6.54 Å². The lowest BCUT2D eigenvalue weighted by molar-refractivity contribution is -0.151. The van der Waals surface area contributed by atoms with Gasteiger partial charge in [0.15, 0.2) is 0 Å². The molecular weight excluding hydrogens is 258 g/mol. The first kappa shape index (κ1) is 13.1. The Bertz CT molecular complexity index is 540. The second-order valence-electron chi connectivity index (χ2n) is 5.52. The van der Waals surface area contributed by atoms with Crippen LogP contribution < -0.4 is 0 Å². The molecule has 1 atom stereocenters. The highest BCUT2D eigenvalue weighted by Crippen LogP contribution is 2.35. The normalized spacial score (nSPS) is 26.1. The number of piperidine rings is 1. The van der Waals surface area contributed by atoms with Crippen molar-refractivity contribution in [3.8, 4) is 0 Å². The molecule has 2 saturated heterocycles. The maximum atomic E-state index is 12.6. The Morgan fingerprint density at radius 1 is 1.50 bits per heavy atom. The van der Waals surface area contributed by atoms with E-state index in [0.29, 0.717) is 31.7 Å². The van der Waals surface area contributed by atoms with E-state index in [4.69, 9.17) is 4.74 Å². The van der Waals surface area contributed by atoms with Gasteiger partial charge in [-0.15, -0.1) is 0 Å². The van der Waals surface area contributed by atoms with Crippen molar-refractivity contribution in [2.75, 3.05) is 13.1 Å². The summed E-state index contributed by atoms with van der Waals surface area (Å²) in [6.07, 6.45) is 4.57. The van der Waals surface area contributed by atoms with Crippen LogP contribution in [0, 0.1) is 0 Å². The molecule has 2 fully saturated rings. The minimum Gasteiger partial charge on any atom is -0.457 e. The summed E-state index contributed by atoms with van der Waals surface area (Å²) in [7, 11) is 0. The molecule has 108 valence electrons. The summed E-state index contributed by atoms with van der Waals surface area (Å²) in [5.41, 5.74) is 0.163. The quantitative estimate of drug-likeness (QED) is 0.762. The molecule has 1 aromatic rings. The van der Waals surface area contributed by atoms with Crippen molar-refractivity contribution in [3.63, 3.8) is 0 Å². The summed E-state index contributed by atoms with van der Waals surface area (Å²) in [4.78, 5) is 25.8. The van der Waals surface area contributed by atoms with Crippen molar-refractivity contribution >= 4 is 11.9 Å². The van der Waals surface area contributed by atoms with E-state index in [9.17, 15) is 9.59 Å². The molecule has 0 unspecified atom stereocenters. The highest BCUT2D eigenvalue weighted by atomic mass is 16.6. The number of carbonyl (C=O) groups excluding carboxylic acids is 2. The van der Waals surface area contributed by atoms with Gasteiger partial charge < -0.3 is 9.64 Å². The Labute approximate surface area is 117 Å². The number of carbonyl (C=O) groups is 2. The Kier molecular flexibility index (Phi) is 3.23. The van der Waals surface area contributed by atoms with Crippen LogP contribution in [0.3, 0.4) is 0 Å². The van der Waals surface area contributed by atoms with Gasteiger partial charge in [-0.25, -0.2) is 0 Å². The summed E-state index contributed by atoms with van der Waals surface area (Å²) >= 11 is 0. The largest absolute Gasteiger partial charge is 0.457 e. The van der Waals surface area contributed by atoms with E-state index < -0.39 is 5.60 Å². The smallest absolute Gasteiger partial charge is 0.306 e. The number of likely N-dealkylation sites (tertiary alicyclic amines) is 1. The van der Waals surface area contributed by atoms with Crippen LogP contribution in [0.25, 0.3) is 0 Å². The minimum absolute atomic E-state index is 0.0219. The monoisotopic (exact) mass is 277 g/mol. The fraction of sp³-hybridized carbons (Fsp3) is 0.643. The van der Waals surface area contributed by atoms with Crippen molar-refractivity contribution in [1.29, 1.82) is 0 Å². The zero-order valence-electron chi connectivity index (χ0n) is 11.7. The van der Waals surface area contributed by atoms with Gasteiger partial charge in [0.25, 0.3) is 5.91 Å². The van der Waals surface area contributed by atoms with Crippen LogP contribution in [0.2, 0.25) is 0 Å². The number of aryl methyl sites for hydroxylation is 1. The third-order valence-electron chi connectivity index (χ3n) is 4.18. The lowest BCUT2D eigenvalue weighted by Gasteiger charge is -2.38. The van der Waals surface area contributed by atoms with Crippen LogP contribution in [-0.2, 0) is 16.1 Å². The molecule has 20 heavy (non-hydrogen) atoms. The predicted octanol–water partition coefficient (Wildman–Crippen LogP) is 1.21. The number of amides is 1. The third kappa shape index (κ3) is 2.19. The predicted molar refractivity (Wildman–Crippen MR) is 71.1 cm³/mol. The van der Waals surface area contributed by atoms with Gasteiger partial charge in [-0.05, 0) is 32.3 Å². The molecule has 0 N–H and O–H groups in total. The van der Waals surface area contributed by atoms with Gasteiger partial charge in [0.2, 0.25) is 0 Å². The van der Waals surface area contributed by atoms with Crippen LogP contribution in [0.15, 0.2) is 12.3 Å². The molecule has 0 radical (unpaired) electrons. The number of nitrogens with zero attached hydrogens (tertiary/aromatic N) is 3. The molecule has 2 aliphatic heterocycles. The first-order chi connectivity index (χ1) is 9.63. The van der Waals surface area contributed by atoms with E-state index in [1.54, 1.807) is 21.8 Å². The zero-order chi connectivity index (χ0) is 14.2. The fourth-order valence-electron chi connectivity index (χ4n) is 3.16. The lowest BCUT2D eigenvalue weighted by atomic mass is 9.90. The van der Waals surface area contributed by atoms with Crippen molar-refractivity contribution in [2.45, 2.75) is 44.8 Å². The molecular formula is C14H19N3O3. The Hall–Kier alpha value is -1.85. The Morgan fingerprint density at radius 3 is 3.05 bits per heavy atom. The molecule has 1 amide bonds. The number of aromatic nitrogens is 2. The highest BCUT2D eigenvalue weighted by molar-refractivity contribution is 5.92. The molecule has 0 aliphatic carbocycles. The second-order valence-corrected chi connectivity index (χ2v) is 5.52. The molecule has 3 heterocycles. The zero-order valence-corrected chi connectivity index (χ0v) is 11.7. The number of rotatable bonds is 2. The topological polar surface area (TPSA) is 64.4 Å². The summed E-state index contributed by atoms with van der Waals surface area (Å²) < 4.78 is 7.19. The SMILES string of the molecule is CCn1nccc1C(=O)N1CCC[C@@]2(CCC(=O)O2)C1. The van der Waals surface area contributed by atoms with E-state index >= 15 is 0 Å². The average Bonchev–Trinajstić information content (AvgIpc) is 3.05. The van der Waals surface area contributed by atoms with Gasteiger partial charge in [-0.1, -0.05) is 0 Å². The van der Waals surface area contributed by atoms with Gasteiger partial charge in [0, 0.05) is 25.7 Å². The van der Waals surface area contributed by atoms with E-state index in [1.807, 2.05) is 6.92 Å². The van der Waals surface area contributed by atoms with Crippen LogP contribution in [0.4, 0.5) is 0 Å². The van der Waals surface area contributed by atoms with E-state index in [-0.39, 0.29) is 11.9 Å². The standard InChI is InChI=1S/C14H19N3O3/c1-2-17-11(5-8-15-17)13(19)16-9-3-6-14(10-16)7-4-12(18)20-14/h5,8H,2-4,6-7,9-10H2,1H3/t14-/m1/s1. The molecule has 6 heteroatoms. The Balaban J connectivity index is 1.77. The summed E-state index contributed by atoms with van der Waals surface area (Å²) in [5, 5.41) is 4.14. The number of hydrogen-bond donors (Lipinski definition) is 0. The maximum absolute atomic E-state index is 12.6. The second kappa shape index (κ2) is 4.92. The fourth-order valence-corrected chi connectivity index (χ4v) is 3.16. The van der Waals surface area contributed by atoms with Gasteiger partial charge in [-0.3, -0.25) is 14.3 Å². The van der Waals surface area contributed by atoms with Crippen molar-refractivity contribution in [2.24, 2.45) is 0 Å². The molecule has 0 bridgehead atoms. The van der Waals surface area contributed by atoms with Gasteiger partial charge in [-0.2, -0.15) is 5.10 Å². The van der Waals surface area contributed by atoms with Crippen molar-refractivity contribution in [3.05, 3.63) is 18.0 Å². The molecule has 1 aromatic heterocycles.